The number of nitrogens with two attached hydrogens (primary N) is 1. The fourth-order valence-electron chi connectivity index (χ4n) is 0.347. The molecule has 0 aliphatic rings. The molecule has 64 valence electrons. The summed E-state index contributed by atoms with van der Waals surface area (Å²) in [5.74, 6) is -0.432. The average Bonchev–Trinajstić information content (AvgIpc) is 1.97. The topological polar surface area (TPSA) is 90.7 Å². The van der Waals surface area contributed by atoms with Crippen LogP contribution in [0.4, 0.5) is 4.79 Å². The second-order valence-electron chi connectivity index (χ2n) is 1.61. The van der Waals surface area contributed by atoms with Gasteiger partial charge >= 0.3 is 12.1 Å². The summed E-state index contributed by atoms with van der Waals surface area (Å²) in [4.78, 5) is 20.4. The number of hydrogen-bond acceptors (Lipinski definition) is 5. The van der Waals surface area contributed by atoms with Gasteiger partial charge in [-0.05, 0) is 0 Å². The molecule has 3 N–H and O–H groups in total. The normalized spacial score (nSPS) is 8.82. The molecule has 6 nitrogen and oxygen atoms in total. The zero-order valence-electron chi connectivity index (χ0n) is 6.12. The molecule has 0 aliphatic carbocycles. The van der Waals surface area contributed by atoms with E-state index in [0.717, 1.165) is 0 Å². The van der Waals surface area contributed by atoms with Crippen LogP contribution in [0.3, 0.4) is 0 Å². The zero-order valence-corrected chi connectivity index (χ0v) is 6.12. The lowest BCUT2D eigenvalue weighted by atomic mass is 10.7. The number of rotatable bonds is 4. The van der Waals surface area contributed by atoms with Gasteiger partial charge in [0.15, 0.2) is 0 Å². The lowest BCUT2D eigenvalue weighted by molar-refractivity contribution is -0.139. The van der Waals surface area contributed by atoms with Gasteiger partial charge in [-0.2, -0.15) is 0 Å². The quantitative estimate of drug-likeness (QED) is 0.308. The Morgan fingerprint density at radius 1 is 1.55 bits per heavy atom. The Morgan fingerprint density at radius 2 is 2.18 bits per heavy atom. The maximum absolute atomic E-state index is 10.4. The van der Waals surface area contributed by atoms with Gasteiger partial charge in [-0.3, -0.25) is 10.1 Å². The van der Waals surface area contributed by atoms with E-state index in [1.807, 2.05) is 0 Å². The highest BCUT2D eigenvalue weighted by molar-refractivity contribution is 5.71. The zero-order chi connectivity index (χ0) is 8.69. The van der Waals surface area contributed by atoms with Gasteiger partial charge in [-0.1, -0.05) is 0 Å². The smallest absolute Gasteiger partial charge is 0.405 e. The van der Waals surface area contributed by atoms with E-state index in [1.165, 1.54) is 7.11 Å². The summed E-state index contributed by atoms with van der Waals surface area (Å²) in [6.07, 6.45) is -0.887. The van der Waals surface area contributed by atoms with Crippen molar-refractivity contribution >= 4 is 12.1 Å². The standard InChI is InChI=1S/C5H10N2O4/c1-10-4(8)2-7-3-11-5(6)9/h7H,2-3H2,1H3,(H2,6,9). The Kier molecular flexibility index (Phi) is 4.83. The highest BCUT2D eigenvalue weighted by Gasteiger charge is 1.98. The van der Waals surface area contributed by atoms with Crippen LogP contribution in [0.25, 0.3) is 0 Å². The van der Waals surface area contributed by atoms with Gasteiger partial charge in [0.05, 0.1) is 13.7 Å². The summed E-state index contributed by atoms with van der Waals surface area (Å²) < 4.78 is 8.54. The summed E-state index contributed by atoms with van der Waals surface area (Å²) in [5.41, 5.74) is 4.62. The molecule has 0 spiro atoms. The van der Waals surface area contributed by atoms with Crippen molar-refractivity contribution in [1.82, 2.24) is 5.32 Å². The molecule has 0 atom stereocenters. The fourth-order valence-corrected chi connectivity index (χ4v) is 0.347. The summed E-state index contributed by atoms with van der Waals surface area (Å²) in [5, 5.41) is 2.47. The van der Waals surface area contributed by atoms with Crippen LogP contribution in [0, 0.1) is 0 Å². The third kappa shape index (κ3) is 6.59. The number of carbonyl (C=O) groups excluding carboxylic acids is 2. The Balaban J connectivity index is 3.14. The van der Waals surface area contributed by atoms with Gasteiger partial charge in [0.2, 0.25) is 0 Å². The van der Waals surface area contributed by atoms with Gasteiger partial charge in [-0.25, -0.2) is 4.79 Å². The number of primary amides is 1. The number of nitrogens with one attached hydrogen (secondary N) is 1. The molecule has 0 heterocycles. The molecule has 0 unspecified atom stereocenters. The van der Waals surface area contributed by atoms with E-state index in [4.69, 9.17) is 0 Å². The predicted molar refractivity (Wildman–Crippen MR) is 35.6 cm³/mol. The third-order valence-electron chi connectivity index (χ3n) is 0.813. The number of amides is 1. The number of hydrogen-bond donors (Lipinski definition) is 2. The lowest BCUT2D eigenvalue weighted by Gasteiger charge is -2.01. The summed E-state index contributed by atoms with van der Waals surface area (Å²) in [6.45, 7) is -0.103. The average molecular weight is 162 g/mol. The Hall–Kier alpha value is -1.30. The number of esters is 1. The predicted octanol–water partition coefficient (Wildman–Crippen LogP) is -1.20. The van der Waals surface area contributed by atoms with Gasteiger partial charge < -0.3 is 15.2 Å². The second kappa shape index (κ2) is 5.48. The Bertz CT molecular complexity index is 147. The Labute approximate surface area is 63.6 Å². The molecular formula is C5H10N2O4. The minimum atomic E-state index is -0.887. The minimum Gasteiger partial charge on any atom is -0.468 e. The first-order valence-electron chi connectivity index (χ1n) is 2.86. The van der Waals surface area contributed by atoms with Crippen LogP contribution < -0.4 is 11.1 Å². The van der Waals surface area contributed by atoms with Crippen LogP contribution in [0.5, 0.6) is 0 Å². The van der Waals surface area contributed by atoms with E-state index in [1.54, 1.807) is 0 Å². The van der Waals surface area contributed by atoms with E-state index in [9.17, 15) is 9.59 Å². The molecule has 0 radical (unpaired) electrons. The highest BCUT2D eigenvalue weighted by Crippen LogP contribution is 1.71. The van der Waals surface area contributed by atoms with Crippen molar-refractivity contribution in [2.75, 3.05) is 20.4 Å². The van der Waals surface area contributed by atoms with E-state index >= 15 is 0 Å². The fraction of sp³-hybridized carbons (Fsp3) is 0.600. The number of carbonyl (C=O) groups is 2. The summed E-state index contributed by atoms with van der Waals surface area (Å²) >= 11 is 0. The molecule has 1 amide bonds. The number of ether oxygens (including phenoxy) is 2. The molecule has 0 aliphatic heterocycles. The van der Waals surface area contributed by atoms with Crippen molar-refractivity contribution in [3.63, 3.8) is 0 Å². The van der Waals surface area contributed by atoms with Crippen LogP contribution in [0.2, 0.25) is 0 Å². The van der Waals surface area contributed by atoms with Crippen LogP contribution in [-0.4, -0.2) is 32.4 Å². The summed E-state index contributed by atoms with van der Waals surface area (Å²) in [6, 6.07) is 0. The maximum atomic E-state index is 10.4. The third-order valence-corrected chi connectivity index (χ3v) is 0.813. The highest BCUT2D eigenvalue weighted by atomic mass is 16.6. The van der Waals surface area contributed by atoms with Crippen LogP contribution in [-0.2, 0) is 14.3 Å². The van der Waals surface area contributed by atoms with E-state index in [2.05, 4.69) is 20.5 Å². The molecule has 6 heteroatoms. The van der Waals surface area contributed by atoms with E-state index in [-0.39, 0.29) is 13.3 Å². The van der Waals surface area contributed by atoms with Crippen molar-refractivity contribution < 1.29 is 19.1 Å². The molecule has 11 heavy (non-hydrogen) atoms. The second-order valence-corrected chi connectivity index (χ2v) is 1.61. The van der Waals surface area contributed by atoms with Gasteiger partial charge in [0.1, 0.15) is 6.73 Å². The largest absolute Gasteiger partial charge is 0.468 e. The molecule has 0 saturated heterocycles. The first kappa shape index (κ1) is 9.70. The van der Waals surface area contributed by atoms with Crippen molar-refractivity contribution in [3.8, 4) is 0 Å². The van der Waals surface area contributed by atoms with Gasteiger partial charge in [-0.15, -0.1) is 0 Å². The Morgan fingerprint density at radius 3 is 2.64 bits per heavy atom. The van der Waals surface area contributed by atoms with Gasteiger partial charge in [0.25, 0.3) is 0 Å². The van der Waals surface area contributed by atoms with Crippen LogP contribution >= 0.6 is 0 Å². The molecule has 0 rings (SSSR count). The monoisotopic (exact) mass is 162 g/mol. The number of methoxy groups -OCH3 is 1. The minimum absolute atomic E-state index is 0.0101. The van der Waals surface area contributed by atoms with Gasteiger partial charge in [0, 0.05) is 0 Å². The molecule has 0 fully saturated rings. The first-order valence-corrected chi connectivity index (χ1v) is 2.86. The van der Waals surface area contributed by atoms with E-state index in [0.29, 0.717) is 0 Å². The first-order chi connectivity index (χ1) is 5.16. The van der Waals surface area contributed by atoms with Crippen molar-refractivity contribution in [2.24, 2.45) is 5.73 Å². The van der Waals surface area contributed by atoms with E-state index < -0.39 is 12.1 Å². The van der Waals surface area contributed by atoms with Crippen molar-refractivity contribution in [2.45, 2.75) is 0 Å². The molecular weight excluding hydrogens is 152 g/mol. The molecule has 0 aromatic carbocycles. The summed E-state index contributed by atoms with van der Waals surface area (Å²) in [7, 11) is 1.26. The molecule has 0 bridgehead atoms. The van der Waals surface area contributed by atoms with Crippen LogP contribution in [0.15, 0.2) is 0 Å². The van der Waals surface area contributed by atoms with Crippen molar-refractivity contribution in [3.05, 3.63) is 0 Å². The van der Waals surface area contributed by atoms with Crippen LogP contribution in [0.1, 0.15) is 0 Å². The molecule has 0 aromatic rings. The van der Waals surface area contributed by atoms with Crippen molar-refractivity contribution in [1.29, 1.82) is 0 Å². The lowest BCUT2D eigenvalue weighted by Crippen LogP contribution is -2.29. The SMILES string of the molecule is COC(=O)CNCOC(N)=O. The maximum Gasteiger partial charge on any atom is 0.405 e. The molecule has 0 aromatic heterocycles. The molecule has 0 saturated carbocycles.